The van der Waals surface area contributed by atoms with Gasteiger partial charge in [-0.2, -0.15) is 0 Å². The minimum absolute atomic E-state index is 0.0312. The summed E-state index contributed by atoms with van der Waals surface area (Å²) in [5.74, 6) is 1.33. The monoisotopic (exact) mass is 304 g/mol. The quantitative estimate of drug-likeness (QED) is 0.714. The lowest BCUT2D eigenvalue weighted by atomic mass is 10.1. The number of ether oxygens (including phenoxy) is 2. The van der Waals surface area contributed by atoms with Crippen LogP contribution in [0.4, 0.5) is 0 Å². The highest BCUT2D eigenvalue weighted by atomic mass is 32.1. The predicted molar refractivity (Wildman–Crippen MR) is 85.9 cm³/mol. The number of carbonyl (C=O) groups excluding carboxylic acids is 1. The molecule has 0 unspecified atom stereocenters. The molecule has 1 aromatic carbocycles. The molecule has 4 heteroatoms. The van der Waals surface area contributed by atoms with Crippen molar-refractivity contribution in [1.29, 1.82) is 0 Å². The summed E-state index contributed by atoms with van der Waals surface area (Å²) < 4.78 is 11.1. The van der Waals surface area contributed by atoms with Crippen molar-refractivity contribution < 1.29 is 14.3 Å². The molecule has 0 fully saturated rings. The van der Waals surface area contributed by atoms with E-state index in [0.717, 1.165) is 11.3 Å². The standard InChI is InChI=1S/C17H20O3S/c1-4-13-8-10-16(21-13)17(18)12-7-9-14(19-5-2)15(11-12)20-6-3/h7-11H,4-6H2,1-3H3. The van der Waals surface area contributed by atoms with Gasteiger partial charge < -0.3 is 9.47 Å². The van der Waals surface area contributed by atoms with Crippen molar-refractivity contribution in [1.82, 2.24) is 0 Å². The molecule has 0 N–H and O–H groups in total. The Morgan fingerprint density at radius 1 is 1.00 bits per heavy atom. The summed E-state index contributed by atoms with van der Waals surface area (Å²) in [5.41, 5.74) is 0.631. The van der Waals surface area contributed by atoms with Gasteiger partial charge in [0.15, 0.2) is 11.5 Å². The SMILES string of the molecule is CCOc1ccc(C(=O)c2ccc(CC)s2)cc1OCC. The third kappa shape index (κ3) is 3.64. The van der Waals surface area contributed by atoms with Crippen LogP contribution in [0.15, 0.2) is 30.3 Å². The van der Waals surface area contributed by atoms with Crippen LogP contribution in [0.25, 0.3) is 0 Å². The summed E-state index contributed by atoms with van der Waals surface area (Å²) in [6.45, 7) is 7.03. The minimum atomic E-state index is 0.0312. The van der Waals surface area contributed by atoms with Crippen LogP contribution in [-0.2, 0) is 6.42 Å². The van der Waals surface area contributed by atoms with Crippen LogP contribution in [0.5, 0.6) is 11.5 Å². The van der Waals surface area contributed by atoms with Crippen LogP contribution in [-0.4, -0.2) is 19.0 Å². The Balaban J connectivity index is 2.30. The van der Waals surface area contributed by atoms with Gasteiger partial charge in [-0.3, -0.25) is 4.79 Å². The lowest BCUT2D eigenvalue weighted by Gasteiger charge is -2.11. The van der Waals surface area contributed by atoms with E-state index in [1.807, 2.05) is 26.0 Å². The van der Waals surface area contributed by atoms with Gasteiger partial charge in [-0.1, -0.05) is 6.92 Å². The number of benzene rings is 1. The van der Waals surface area contributed by atoms with E-state index in [-0.39, 0.29) is 5.78 Å². The van der Waals surface area contributed by atoms with E-state index in [1.165, 1.54) is 4.88 Å². The first-order valence-corrected chi connectivity index (χ1v) is 8.04. The molecule has 0 amide bonds. The van der Waals surface area contributed by atoms with E-state index < -0.39 is 0 Å². The normalized spacial score (nSPS) is 10.4. The summed E-state index contributed by atoms with van der Waals surface area (Å²) in [7, 11) is 0. The van der Waals surface area contributed by atoms with Crippen LogP contribution in [0.1, 0.15) is 40.9 Å². The van der Waals surface area contributed by atoms with Gasteiger partial charge >= 0.3 is 0 Å². The van der Waals surface area contributed by atoms with E-state index in [1.54, 1.807) is 29.5 Å². The lowest BCUT2D eigenvalue weighted by Crippen LogP contribution is -2.03. The second kappa shape index (κ2) is 7.27. The van der Waals surface area contributed by atoms with Crippen LogP contribution < -0.4 is 9.47 Å². The summed E-state index contributed by atoms with van der Waals surface area (Å²) in [6.07, 6.45) is 0.950. The van der Waals surface area contributed by atoms with E-state index >= 15 is 0 Å². The highest BCUT2D eigenvalue weighted by Crippen LogP contribution is 2.30. The van der Waals surface area contributed by atoms with Crippen molar-refractivity contribution in [2.24, 2.45) is 0 Å². The molecule has 112 valence electrons. The Labute approximate surface area is 129 Å². The molecule has 1 heterocycles. The molecule has 0 saturated carbocycles. The van der Waals surface area contributed by atoms with Gasteiger partial charge in [0.2, 0.25) is 5.78 Å². The van der Waals surface area contributed by atoms with Gasteiger partial charge in [0, 0.05) is 10.4 Å². The van der Waals surface area contributed by atoms with Gasteiger partial charge in [-0.05, 0) is 50.6 Å². The van der Waals surface area contributed by atoms with Crippen LogP contribution in [0.3, 0.4) is 0 Å². The predicted octanol–water partition coefficient (Wildman–Crippen LogP) is 4.34. The number of hydrogen-bond acceptors (Lipinski definition) is 4. The molecule has 0 spiro atoms. The Kier molecular flexibility index (Phi) is 5.39. The maximum absolute atomic E-state index is 12.5. The van der Waals surface area contributed by atoms with Gasteiger partial charge in [0.1, 0.15) is 0 Å². The summed E-state index contributed by atoms with van der Waals surface area (Å²) in [6, 6.07) is 9.26. The first-order chi connectivity index (χ1) is 10.2. The first-order valence-electron chi connectivity index (χ1n) is 7.22. The fourth-order valence-corrected chi connectivity index (χ4v) is 2.93. The number of carbonyl (C=O) groups is 1. The van der Waals surface area contributed by atoms with Crippen LogP contribution >= 0.6 is 11.3 Å². The number of ketones is 1. The van der Waals surface area contributed by atoms with Gasteiger partial charge in [-0.15, -0.1) is 11.3 Å². The maximum atomic E-state index is 12.5. The van der Waals surface area contributed by atoms with Crippen molar-refractivity contribution in [3.63, 3.8) is 0 Å². The smallest absolute Gasteiger partial charge is 0.203 e. The molecule has 3 nitrogen and oxygen atoms in total. The molecule has 0 atom stereocenters. The van der Waals surface area contributed by atoms with E-state index in [0.29, 0.717) is 30.3 Å². The van der Waals surface area contributed by atoms with Crippen molar-refractivity contribution in [3.8, 4) is 11.5 Å². The van der Waals surface area contributed by atoms with Crippen molar-refractivity contribution >= 4 is 17.1 Å². The third-order valence-corrected chi connectivity index (χ3v) is 4.27. The van der Waals surface area contributed by atoms with Gasteiger partial charge in [0.25, 0.3) is 0 Å². The van der Waals surface area contributed by atoms with Crippen molar-refractivity contribution in [2.45, 2.75) is 27.2 Å². The summed E-state index contributed by atoms with van der Waals surface area (Å²) >= 11 is 1.55. The summed E-state index contributed by atoms with van der Waals surface area (Å²) in [4.78, 5) is 14.5. The van der Waals surface area contributed by atoms with Gasteiger partial charge in [0.05, 0.1) is 18.1 Å². The number of rotatable bonds is 7. The molecule has 0 bridgehead atoms. The molecule has 1 aromatic heterocycles. The highest BCUT2D eigenvalue weighted by Gasteiger charge is 2.15. The largest absolute Gasteiger partial charge is 0.490 e. The molecule has 2 rings (SSSR count). The number of thiophene rings is 1. The Morgan fingerprint density at radius 3 is 2.33 bits per heavy atom. The molecular formula is C17H20O3S. The van der Waals surface area contributed by atoms with Gasteiger partial charge in [-0.25, -0.2) is 0 Å². The average molecular weight is 304 g/mol. The van der Waals surface area contributed by atoms with E-state index in [9.17, 15) is 4.79 Å². The second-order valence-corrected chi connectivity index (χ2v) is 5.64. The number of aryl methyl sites for hydroxylation is 1. The van der Waals surface area contributed by atoms with E-state index in [2.05, 4.69) is 6.92 Å². The lowest BCUT2D eigenvalue weighted by molar-refractivity contribution is 0.104. The topological polar surface area (TPSA) is 35.5 Å². The zero-order valence-electron chi connectivity index (χ0n) is 12.6. The number of hydrogen-bond donors (Lipinski definition) is 0. The molecular weight excluding hydrogens is 284 g/mol. The minimum Gasteiger partial charge on any atom is -0.490 e. The molecule has 2 aromatic rings. The molecule has 0 aliphatic rings. The molecule has 0 aliphatic heterocycles. The zero-order valence-corrected chi connectivity index (χ0v) is 13.5. The Bertz CT molecular complexity index is 616. The first kappa shape index (κ1) is 15.6. The zero-order chi connectivity index (χ0) is 15.2. The van der Waals surface area contributed by atoms with E-state index in [4.69, 9.17) is 9.47 Å². The Morgan fingerprint density at radius 2 is 1.71 bits per heavy atom. The maximum Gasteiger partial charge on any atom is 0.203 e. The third-order valence-electron chi connectivity index (χ3n) is 3.04. The summed E-state index contributed by atoms with van der Waals surface area (Å²) in [5, 5.41) is 0. The Hall–Kier alpha value is -1.81. The molecule has 21 heavy (non-hydrogen) atoms. The molecule has 0 radical (unpaired) electrons. The van der Waals surface area contributed by atoms with Crippen molar-refractivity contribution in [3.05, 3.63) is 45.6 Å². The fourth-order valence-electron chi connectivity index (χ4n) is 2.02. The van der Waals surface area contributed by atoms with Crippen LogP contribution in [0.2, 0.25) is 0 Å². The van der Waals surface area contributed by atoms with Crippen LogP contribution in [0, 0.1) is 0 Å². The molecule has 0 aliphatic carbocycles. The molecule has 0 saturated heterocycles. The average Bonchev–Trinajstić information content (AvgIpc) is 2.98. The van der Waals surface area contributed by atoms with Crippen molar-refractivity contribution in [2.75, 3.05) is 13.2 Å². The fraction of sp³-hybridized carbons (Fsp3) is 0.353. The highest BCUT2D eigenvalue weighted by molar-refractivity contribution is 7.14. The second-order valence-electron chi connectivity index (χ2n) is 4.48.